The highest BCUT2D eigenvalue weighted by Crippen LogP contribution is 2.33. The molecule has 5 nitrogen and oxygen atoms in total. The molecule has 25 heavy (non-hydrogen) atoms. The Balaban J connectivity index is 1.67. The van der Waals surface area contributed by atoms with Gasteiger partial charge in [-0.05, 0) is 48.5 Å². The number of rotatable bonds is 4. The molecule has 1 saturated heterocycles. The van der Waals surface area contributed by atoms with Crippen LogP contribution in [0.5, 0.6) is 0 Å². The summed E-state index contributed by atoms with van der Waals surface area (Å²) in [6.07, 6.45) is 6.15. The summed E-state index contributed by atoms with van der Waals surface area (Å²) in [6, 6.07) is 7.71. The van der Waals surface area contributed by atoms with E-state index < -0.39 is 0 Å². The Hall–Kier alpha value is -2.14. The molecule has 1 fully saturated rings. The third-order valence-electron chi connectivity index (χ3n) is 5.37. The number of piperidine rings is 1. The van der Waals surface area contributed by atoms with Crippen molar-refractivity contribution in [1.29, 1.82) is 0 Å². The smallest absolute Gasteiger partial charge is 0.223 e. The van der Waals surface area contributed by atoms with Crippen molar-refractivity contribution in [1.82, 2.24) is 15.5 Å². The first-order valence-corrected chi connectivity index (χ1v) is 9.02. The summed E-state index contributed by atoms with van der Waals surface area (Å²) in [4.78, 5) is 26.2. The van der Waals surface area contributed by atoms with Crippen molar-refractivity contribution in [3.63, 3.8) is 0 Å². The molecule has 2 N–H and O–H groups in total. The SMILES string of the molecule is CC(=O)N1C=Cc2ccccc2C1CC(=O)NCC1(C)CCNCC1. The van der Waals surface area contributed by atoms with Crippen LogP contribution in [0, 0.1) is 5.41 Å². The number of hydrogen-bond donors (Lipinski definition) is 2. The molecule has 1 aromatic rings. The molecular weight excluding hydrogens is 314 g/mol. The number of carbonyl (C=O) groups excluding carboxylic acids is 2. The van der Waals surface area contributed by atoms with Crippen molar-refractivity contribution in [3.8, 4) is 0 Å². The van der Waals surface area contributed by atoms with Crippen molar-refractivity contribution in [2.75, 3.05) is 19.6 Å². The number of nitrogens with one attached hydrogen (secondary N) is 2. The topological polar surface area (TPSA) is 61.4 Å². The van der Waals surface area contributed by atoms with Crippen LogP contribution in [-0.4, -0.2) is 36.3 Å². The Bertz CT molecular complexity index is 677. The molecule has 0 aromatic heterocycles. The maximum absolute atomic E-state index is 12.6. The van der Waals surface area contributed by atoms with Crippen LogP contribution < -0.4 is 10.6 Å². The van der Waals surface area contributed by atoms with Crippen molar-refractivity contribution in [2.45, 2.75) is 39.2 Å². The summed E-state index contributed by atoms with van der Waals surface area (Å²) in [7, 11) is 0. The zero-order valence-corrected chi connectivity index (χ0v) is 15.0. The molecule has 5 heteroatoms. The van der Waals surface area contributed by atoms with Gasteiger partial charge in [0.2, 0.25) is 11.8 Å². The number of fused-ring (bicyclic) bond motifs is 1. The lowest BCUT2D eigenvalue weighted by Gasteiger charge is -2.35. The molecule has 2 amide bonds. The average Bonchev–Trinajstić information content (AvgIpc) is 2.61. The van der Waals surface area contributed by atoms with Gasteiger partial charge in [0.15, 0.2) is 0 Å². The van der Waals surface area contributed by atoms with Gasteiger partial charge in [-0.2, -0.15) is 0 Å². The fraction of sp³-hybridized carbons (Fsp3) is 0.500. The summed E-state index contributed by atoms with van der Waals surface area (Å²) < 4.78 is 0. The number of nitrogens with zero attached hydrogens (tertiary/aromatic N) is 1. The Morgan fingerprint density at radius 2 is 2.00 bits per heavy atom. The van der Waals surface area contributed by atoms with E-state index >= 15 is 0 Å². The molecule has 3 rings (SSSR count). The summed E-state index contributed by atoms with van der Waals surface area (Å²) >= 11 is 0. The maximum Gasteiger partial charge on any atom is 0.223 e. The Morgan fingerprint density at radius 3 is 2.72 bits per heavy atom. The largest absolute Gasteiger partial charge is 0.355 e. The molecule has 2 heterocycles. The standard InChI is InChI=1S/C20H27N3O2/c1-15(24)23-12-7-16-5-3-4-6-17(16)18(23)13-19(25)22-14-20(2)8-10-21-11-9-20/h3-7,12,18,21H,8-11,13-14H2,1-2H3,(H,22,25). The predicted molar refractivity (Wildman–Crippen MR) is 98.6 cm³/mol. The van der Waals surface area contributed by atoms with Crippen molar-refractivity contribution in [2.24, 2.45) is 5.41 Å². The summed E-state index contributed by atoms with van der Waals surface area (Å²) in [5.41, 5.74) is 2.26. The van der Waals surface area contributed by atoms with Gasteiger partial charge in [-0.25, -0.2) is 0 Å². The molecule has 1 atom stereocenters. The highest BCUT2D eigenvalue weighted by atomic mass is 16.2. The zero-order chi connectivity index (χ0) is 17.9. The van der Waals surface area contributed by atoms with Crippen LogP contribution in [-0.2, 0) is 9.59 Å². The van der Waals surface area contributed by atoms with Gasteiger partial charge in [0.25, 0.3) is 0 Å². The normalized spacial score (nSPS) is 21.5. The van der Waals surface area contributed by atoms with Gasteiger partial charge in [0.05, 0.1) is 12.5 Å². The fourth-order valence-corrected chi connectivity index (χ4v) is 3.68. The van der Waals surface area contributed by atoms with Gasteiger partial charge < -0.3 is 15.5 Å². The van der Waals surface area contributed by atoms with E-state index in [4.69, 9.17) is 0 Å². The van der Waals surface area contributed by atoms with E-state index in [2.05, 4.69) is 17.6 Å². The second-order valence-corrected chi connectivity index (χ2v) is 7.43. The van der Waals surface area contributed by atoms with E-state index in [1.54, 1.807) is 18.0 Å². The Morgan fingerprint density at radius 1 is 1.28 bits per heavy atom. The van der Waals surface area contributed by atoms with Gasteiger partial charge in [-0.1, -0.05) is 31.2 Å². The fourth-order valence-electron chi connectivity index (χ4n) is 3.68. The number of amides is 2. The van der Waals surface area contributed by atoms with Crippen molar-refractivity contribution < 1.29 is 9.59 Å². The molecule has 0 spiro atoms. The third kappa shape index (κ3) is 4.10. The van der Waals surface area contributed by atoms with Gasteiger partial charge in [0.1, 0.15) is 0 Å². The first-order chi connectivity index (χ1) is 12.0. The molecule has 0 aliphatic carbocycles. The number of benzene rings is 1. The molecule has 1 aromatic carbocycles. The molecule has 0 bridgehead atoms. The molecule has 2 aliphatic heterocycles. The monoisotopic (exact) mass is 341 g/mol. The molecular formula is C20H27N3O2. The summed E-state index contributed by atoms with van der Waals surface area (Å²) in [5.74, 6) is -0.0463. The first-order valence-electron chi connectivity index (χ1n) is 9.02. The van der Waals surface area contributed by atoms with Crippen LogP contribution in [0.3, 0.4) is 0 Å². The minimum atomic E-state index is -0.237. The van der Waals surface area contributed by atoms with Gasteiger partial charge in [-0.15, -0.1) is 0 Å². The van der Waals surface area contributed by atoms with E-state index in [1.165, 1.54) is 0 Å². The maximum atomic E-state index is 12.6. The third-order valence-corrected chi connectivity index (χ3v) is 5.37. The molecule has 0 radical (unpaired) electrons. The summed E-state index contributed by atoms with van der Waals surface area (Å²) in [6.45, 7) is 6.47. The lowest BCUT2D eigenvalue weighted by atomic mass is 9.81. The van der Waals surface area contributed by atoms with E-state index in [0.29, 0.717) is 6.54 Å². The van der Waals surface area contributed by atoms with Crippen LogP contribution >= 0.6 is 0 Å². The highest BCUT2D eigenvalue weighted by molar-refractivity contribution is 5.81. The first kappa shape index (κ1) is 17.7. The summed E-state index contributed by atoms with van der Waals surface area (Å²) in [5, 5.41) is 6.46. The predicted octanol–water partition coefficient (Wildman–Crippen LogP) is 2.46. The zero-order valence-electron chi connectivity index (χ0n) is 15.0. The molecule has 2 aliphatic rings. The number of carbonyl (C=O) groups is 2. The minimum absolute atomic E-state index is 0.00103. The van der Waals surface area contributed by atoms with Crippen LogP contribution in [0.25, 0.3) is 6.08 Å². The van der Waals surface area contributed by atoms with Crippen molar-refractivity contribution >= 4 is 17.9 Å². The second kappa shape index (κ2) is 7.40. The van der Waals surface area contributed by atoms with Crippen LogP contribution in [0.4, 0.5) is 0 Å². The lowest BCUT2D eigenvalue weighted by Crippen LogP contribution is -2.43. The Kier molecular flexibility index (Phi) is 5.23. The Labute approximate surface area is 149 Å². The molecule has 1 unspecified atom stereocenters. The van der Waals surface area contributed by atoms with E-state index in [-0.39, 0.29) is 29.7 Å². The molecule has 0 saturated carbocycles. The minimum Gasteiger partial charge on any atom is -0.355 e. The van der Waals surface area contributed by atoms with Crippen LogP contribution in [0.15, 0.2) is 30.5 Å². The van der Waals surface area contributed by atoms with Gasteiger partial charge in [0, 0.05) is 19.7 Å². The van der Waals surface area contributed by atoms with Crippen LogP contribution in [0.2, 0.25) is 0 Å². The highest BCUT2D eigenvalue weighted by Gasteiger charge is 2.30. The van der Waals surface area contributed by atoms with Crippen LogP contribution in [0.1, 0.15) is 50.3 Å². The lowest BCUT2D eigenvalue weighted by molar-refractivity contribution is -0.130. The van der Waals surface area contributed by atoms with Gasteiger partial charge in [-0.3, -0.25) is 9.59 Å². The molecule has 134 valence electrons. The van der Waals surface area contributed by atoms with E-state index in [1.807, 2.05) is 30.3 Å². The quantitative estimate of drug-likeness (QED) is 0.884. The van der Waals surface area contributed by atoms with Crippen molar-refractivity contribution in [3.05, 3.63) is 41.6 Å². The average molecular weight is 341 g/mol. The van der Waals surface area contributed by atoms with Gasteiger partial charge >= 0.3 is 0 Å². The van der Waals surface area contributed by atoms with E-state index in [9.17, 15) is 9.59 Å². The van der Waals surface area contributed by atoms with E-state index in [0.717, 1.165) is 37.1 Å². The number of hydrogen-bond acceptors (Lipinski definition) is 3. The second-order valence-electron chi connectivity index (χ2n) is 7.43.